The minimum absolute atomic E-state index is 0.0693. The van der Waals surface area contributed by atoms with Crippen LogP contribution in [0.25, 0.3) is 0 Å². The highest BCUT2D eigenvalue weighted by atomic mass is 16.2. The summed E-state index contributed by atoms with van der Waals surface area (Å²) in [7, 11) is 0. The summed E-state index contributed by atoms with van der Waals surface area (Å²) in [5.41, 5.74) is 2.70. The number of rotatable bonds is 6. The maximum Gasteiger partial charge on any atom is 0.261 e. The van der Waals surface area contributed by atoms with Crippen molar-refractivity contribution in [3.8, 4) is 0 Å². The van der Waals surface area contributed by atoms with Crippen molar-refractivity contribution < 1.29 is 14.4 Å². The predicted octanol–water partition coefficient (Wildman–Crippen LogP) is 3.51. The standard InChI is InChI=1S/C21H22N2O3/c1-14(2)12-15-6-5-7-16(13-15)22-19(24)10-11-23-20(25)17-8-3-4-9-18(17)21(23)26/h3-9,13-14H,10-12H2,1-2H3,(H,22,24). The number of amides is 3. The number of carbonyl (C=O) groups is 3. The number of fused-ring (bicyclic) bond motifs is 1. The Balaban J connectivity index is 1.59. The molecule has 2 aromatic rings. The second kappa shape index (κ2) is 7.52. The van der Waals surface area contributed by atoms with Crippen molar-refractivity contribution in [2.24, 2.45) is 5.92 Å². The molecule has 0 bridgehead atoms. The monoisotopic (exact) mass is 350 g/mol. The lowest BCUT2D eigenvalue weighted by Crippen LogP contribution is -2.32. The zero-order valence-corrected chi connectivity index (χ0v) is 15.0. The van der Waals surface area contributed by atoms with Crippen LogP contribution in [0.15, 0.2) is 48.5 Å². The van der Waals surface area contributed by atoms with Gasteiger partial charge in [0, 0.05) is 18.7 Å². The quantitative estimate of drug-likeness (QED) is 0.811. The molecule has 5 nitrogen and oxygen atoms in total. The van der Waals surface area contributed by atoms with Crippen LogP contribution in [0.2, 0.25) is 0 Å². The van der Waals surface area contributed by atoms with E-state index < -0.39 is 0 Å². The highest BCUT2D eigenvalue weighted by Crippen LogP contribution is 2.22. The minimum atomic E-state index is -0.336. The van der Waals surface area contributed by atoms with E-state index in [-0.39, 0.29) is 30.7 Å². The molecule has 0 saturated heterocycles. The molecule has 5 heteroatoms. The Kier molecular flexibility index (Phi) is 5.16. The molecule has 3 amide bonds. The molecule has 1 aliphatic rings. The maximum atomic E-state index is 12.3. The van der Waals surface area contributed by atoms with Crippen LogP contribution in [-0.4, -0.2) is 29.2 Å². The van der Waals surface area contributed by atoms with Gasteiger partial charge in [-0.2, -0.15) is 0 Å². The van der Waals surface area contributed by atoms with Crippen molar-refractivity contribution in [1.29, 1.82) is 0 Å². The zero-order chi connectivity index (χ0) is 18.7. The fourth-order valence-electron chi connectivity index (χ4n) is 3.13. The Morgan fingerprint density at radius 3 is 2.27 bits per heavy atom. The van der Waals surface area contributed by atoms with Crippen molar-refractivity contribution >= 4 is 23.4 Å². The van der Waals surface area contributed by atoms with E-state index in [1.54, 1.807) is 24.3 Å². The lowest BCUT2D eigenvalue weighted by atomic mass is 10.0. The molecule has 0 radical (unpaired) electrons. The molecule has 0 aromatic heterocycles. The van der Waals surface area contributed by atoms with Crippen LogP contribution in [0, 0.1) is 5.92 Å². The molecule has 3 rings (SSSR count). The summed E-state index contributed by atoms with van der Waals surface area (Å²) < 4.78 is 0. The number of carbonyl (C=O) groups excluding carboxylic acids is 3. The normalized spacial score (nSPS) is 13.3. The van der Waals surface area contributed by atoms with Gasteiger partial charge in [0.25, 0.3) is 11.8 Å². The van der Waals surface area contributed by atoms with E-state index >= 15 is 0 Å². The van der Waals surface area contributed by atoms with Gasteiger partial charge in [0.2, 0.25) is 5.91 Å². The minimum Gasteiger partial charge on any atom is -0.326 e. The molecule has 0 atom stereocenters. The first-order valence-corrected chi connectivity index (χ1v) is 8.79. The summed E-state index contributed by atoms with van der Waals surface area (Å²) in [6, 6.07) is 14.5. The van der Waals surface area contributed by atoms with Gasteiger partial charge in [0.15, 0.2) is 0 Å². The summed E-state index contributed by atoms with van der Waals surface area (Å²) in [6.07, 6.45) is 1.01. The number of anilines is 1. The van der Waals surface area contributed by atoms with Gasteiger partial charge in [0.1, 0.15) is 0 Å². The number of nitrogens with one attached hydrogen (secondary N) is 1. The van der Waals surface area contributed by atoms with Crippen LogP contribution in [-0.2, 0) is 11.2 Å². The second-order valence-corrected chi connectivity index (χ2v) is 6.90. The first kappa shape index (κ1) is 17.9. The fourth-order valence-corrected chi connectivity index (χ4v) is 3.13. The zero-order valence-electron chi connectivity index (χ0n) is 15.0. The van der Waals surface area contributed by atoms with Gasteiger partial charge in [0.05, 0.1) is 11.1 Å². The lowest BCUT2D eigenvalue weighted by molar-refractivity contribution is -0.116. The number of hydrogen-bond acceptors (Lipinski definition) is 3. The lowest BCUT2D eigenvalue weighted by Gasteiger charge is -2.14. The van der Waals surface area contributed by atoms with Crippen LogP contribution < -0.4 is 5.32 Å². The van der Waals surface area contributed by atoms with E-state index in [0.717, 1.165) is 22.6 Å². The molecule has 0 unspecified atom stereocenters. The van der Waals surface area contributed by atoms with Crippen LogP contribution in [0.1, 0.15) is 46.5 Å². The number of imide groups is 1. The third-order valence-electron chi connectivity index (χ3n) is 4.30. The average molecular weight is 350 g/mol. The third kappa shape index (κ3) is 3.82. The highest BCUT2D eigenvalue weighted by molar-refractivity contribution is 6.21. The summed E-state index contributed by atoms with van der Waals surface area (Å²) in [4.78, 5) is 38.0. The molecule has 2 aromatic carbocycles. The summed E-state index contributed by atoms with van der Waals surface area (Å²) in [5.74, 6) is -0.354. The Morgan fingerprint density at radius 2 is 1.65 bits per heavy atom. The van der Waals surface area contributed by atoms with Crippen molar-refractivity contribution in [3.05, 3.63) is 65.2 Å². The van der Waals surface area contributed by atoms with E-state index in [2.05, 4.69) is 19.2 Å². The Labute approximate surface area is 153 Å². The maximum absolute atomic E-state index is 12.3. The van der Waals surface area contributed by atoms with Gasteiger partial charge < -0.3 is 5.32 Å². The molecule has 1 N–H and O–H groups in total. The van der Waals surface area contributed by atoms with Gasteiger partial charge in [-0.25, -0.2) is 0 Å². The van der Waals surface area contributed by atoms with Gasteiger partial charge in [-0.1, -0.05) is 38.1 Å². The van der Waals surface area contributed by atoms with Crippen LogP contribution in [0.5, 0.6) is 0 Å². The van der Waals surface area contributed by atoms with Gasteiger partial charge in [-0.05, 0) is 42.2 Å². The first-order chi connectivity index (χ1) is 12.5. The second-order valence-electron chi connectivity index (χ2n) is 6.90. The smallest absolute Gasteiger partial charge is 0.261 e. The predicted molar refractivity (Wildman–Crippen MR) is 100 cm³/mol. The first-order valence-electron chi connectivity index (χ1n) is 8.79. The van der Waals surface area contributed by atoms with Crippen molar-refractivity contribution in [2.75, 3.05) is 11.9 Å². The van der Waals surface area contributed by atoms with E-state index in [0.29, 0.717) is 17.0 Å². The van der Waals surface area contributed by atoms with E-state index in [1.807, 2.05) is 24.3 Å². The number of hydrogen-bond donors (Lipinski definition) is 1. The largest absolute Gasteiger partial charge is 0.326 e. The molecule has 0 saturated carbocycles. The topological polar surface area (TPSA) is 66.5 Å². The molecule has 26 heavy (non-hydrogen) atoms. The van der Waals surface area contributed by atoms with Gasteiger partial charge in [-0.15, -0.1) is 0 Å². The molecular formula is C21H22N2O3. The van der Waals surface area contributed by atoms with E-state index in [1.165, 1.54) is 0 Å². The molecule has 0 aliphatic carbocycles. The van der Waals surface area contributed by atoms with E-state index in [4.69, 9.17) is 0 Å². The fraction of sp³-hybridized carbons (Fsp3) is 0.286. The molecule has 0 spiro atoms. The Bertz CT molecular complexity index is 823. The number of benzene rings is 2. The Hall–Kier alpha value is -2.95. The molecule has 134 valence electrons. The van der Waals surface area contributed by atoms with Crippen LogP contribution in [0.4, 0.5) is 5.69 Å². The highest BCUT2D eigenvalue weighted by Gasteiger charge is 2.34. The molecule has 1 aliphatic heterocycles. The Morgan fingerprint density at radius 1 is 1.00 bits per heavy atom. The van der Waals surface area contributed by atoms with Gasteiger partial charge >= 0.3 is 0 Å². The van der Waals surface area contributed by atoms with E-state index in [9.17, 15) is 14.4 Å². The van der Waals surface area contributed by atoms with Crippen LogP contribution >= 0.6 is 0 Å². The van der Waals surface area contributed by atoms with Crippen molar-refractivity contribution in [1.82, 2.24) is 4.90 Å². The molecule has 1 heterocycles. The average Bonchev–Trinajstić information content (AvgIpc) is 2.84. The van der Waals surface area contributed by atoms with Gasteiger partial charge in [-0.3, -0.25) is 19.3 Å². The molecular weight excluding hydrogens is 328 g/mol. The third-order valence-corrected chi connectivity index (χ3v) is 4.30. The SMILES string of the molecule is CC(C)Cc1cccc(NC(=O)CCN2C(=O)c3ccccc3C2=O)c1. The summed E-state index contributed by atoms with van der Waals surface area (Å²) >= 11 is 0. The molecule has 0 fully saturated rings. The summed E-state index contributed by atoms with van der Waals surface area (Å²) in [5, 5.41) is 2.84. The van der Waals surface area contributed by atoms with Crippen molar-refractivity contribution in [3.63, 3.8) is 0 Å². The van der Waals surface area contributed by atoms with Crippen molar-refractivity contribution in [2.45, 2.75) is 26.7 Å². The van der Waals surface area contributed by atoms with Crippen LogP contribution in [0.3, 0.4) is 0 Å². The summed E-state index contributed by atoms with van der Waals surface area (Å²) in [6.45, 7) is 4.37. The number of nitrogens with zero attached hydrogens (tertiary/aromatic N) is 1.